The monoisotopic (exact) mass is 653 g/mol. The average molecular weight is 654 g/mol. The van der Waals surface area contributed by atoms with E-state index in [1.165, 1.54) is 11.1 Å². The number of amides is 4. The summed E-state index contributed by atoms with van der Waals surface area (Å²) >= 11 is 0. The summed E-state index contributed by atoms with van der Waals surface area (Å²) in [6, 6.07) is 23.2. The van der Waals surface area contributed by atoms with Crippen LogP contribution in [0.4, 0.5) is 5.69 Å². The number of hydrogen-bond acceptors (Lipinski definition) is 7. The number of nitrogens with zero attached hydrogens (tertiary/aromatic N) is 5. The van der Waals surface area contributed by atoms with Gasteiger partial charge < -0.3 is 5.32 Å². The first-order valence-corrected chi connectivity index (χ1v) is 16.7. The van der Waals surface area contributed by atoms with Gasteiger partial charge in [0.1, 0.15) is 23.9 Å². The molecule has 8 rings (SSSR count). The summed E-state index contributed by atoms with van der Waals surface area (Å²) in [7, 11) is 0. The Bertz CT molecular complexity index is 2090. The number of pyridine rings is 1. The highest BCUT2D eigenvalue weighted by Crippen LogP contribution is 2.41. The van der Waals surface area contributed by atoms with Gasteiger partial charge in [-0.2, -0.15) is 0 Å². The van der Waals surface area contributed by atoms with Crippen molar-refractivity contribution in [2.45, 2.75) is 50.7 Å². The number of likely N-dealkylation sites (tertiary alicyclic amines) is 1. The van der Waals surface area contributed by atoms with E-state index in [0.717, 1.165) is 54.5 Å². The SMILES string of the molecule is O=C1CCC(N2C(=O)c3cccc4c(Cc5ccc(CN6CCC(NC(=O)c7cccc(-n8ccnc8)n7)CC6)cc5)ccc2c34)C(=O)N1. The molecule has 2 N–H and O–H groups in total. The molecule has 1 unspecified atom stereocenters. The maximum atomic E-state index is 13.5. The van der Waals surface area contributed by atoms with E-state index < -0.39 is 11.9 Å². The Kier molecular flexibility index (Phi) is 7.96. The molecule has 0 spiro atoms. The van der Waals surface area contributed by atoms with Crippen molar-refractivity contribution in [3.05, 3.63) is 119 Å². The highest BCUT2D eigenvalue weighted by Gasteiger charge is 2.40. The predicted octanol–water partition coefficient (Wildman–Crippen LogP) is 4.17. The van der Waals surface area contributed by atoms with Gasteiger partial charge >= 0.3 is 0 Å². The minimum atomic E-state index is -0.697. The third kappa shape index (κ3) is 5.97. The molecule has 11 heteroatoms. The molecule has 0 radical (unpaired) electrons. The Balaban J connectivity index is 0.883. The molecule has 3 aliphatic rings. The van der Waals surface area contributed by atoms with Crippen molar-refractivity contribution >= 4 is 40.1 Å². The molecule has 3 aliphatic heterocycles. The van der Waals surface area contributed by atoms with Crippen LogP contribution in [-0.2, 0) is 22.6 Å². The second kappa shape index (κ2) is 12.7. The molecular weight excluding hydrogens is 618 g/mol. The van der Waals surface area contributed by atoms with Crippen LogP contribution in [0.1, 0.15) is 63.2 Å². The van der Waals surface area contributed by atoms with Crippen LogP contribution < -0.4 is 15.5 Å². The van der Waals surface area contributed by atoms with Crippen LogP contribution in [0.25, 0.3) is 16.6 Å². The summed E-state index contributed by atoms with van der Waals surface area (Å²) in [5.41, 5.74) is 5.23. The standard InChI is InChI=1S/C38H35N7O4/c46-34-14-13-32(37(48)42-34)45-31-12-11-26(28-3-1-4-29(35(28)31)38(45)49)21-24-7-9-25(10-8-24)22-43-18-15-27(16-19-43)40-36(47)30-5-2-6-33(41-30)44-20-17-39-23-44/h1-12,17,20,23,27,32H,13-16,18-19,21-22H2,(H,40,47)(H,42,46,48). The fraction of sp³-hybridized carbons (Fsp3) is 0.263. The maximum absolute atomic E-state index is 13.5. The predicted molar refractivity (Wildman–Crippen MR) is 183 cm³/mol. The van der Waals surface area contributed by atoms with Crippen LogP contribution in [0.3, 0.4) is 0 Å². The van der Waals surface area contributed by atoms with Gasteiger partial charge in [-0.15, -0.1) is 0 Å². The number of imidazole rings is 1. The number of anilines is 1. The highest BCUT2D eigenvalue weighted by atomic mass is 16.2. The lowest BCUT2D eigenvalue weighted by Crippen LogP contribution is -2.53. The van der Waals surface area contributed by atoms with Crippen molar-refractivity contribution in [1.29, 1.82) is 0 Å². The van der Waals surface area contributed by atoms with Crippen molar-refractivity contribution in [3.63, 3.8) is 0 Å². The molecule has 2 fully saturated rings. The first-order chi connectivity index (χ1) is 23.9. The molecule has 2 saturated heterocycles. The van der Waals surface area contributed by atoms with Gasteiger partial charge in [0.05, 0.1) is 5.69 Å². The number of carbonyl (C=O) groups is 4. The summed E-state index contributed by atoms with van der Waals surface area (Å²) < 4.78 is 1.78. The van der Waals surface area contributed by atoms with Crippen LogP contribution in [0.15, 0.2) is 91.5 Å². The Morgan fingerprint density at radius 3 is 2.47 bits per heavy atom. The number of hydrogen-bond donors (Lipinski definition) is 2. The van der Waals surface area contributed by atoms with Crippen molar-refractivity contribution in [3.8, 4) is 5.82 Å². The normalized spacial score (nSPS) is 18.2. The number of rotatable bonds is 8. The maximum Gasteiger partial charge on any atom is 0.270 e. The van der Waals surface area contributed by atoms with Gasteiger partial charge in [-0.05, 0) is 72.0 Å². The van der Waals surface area contributed by atoms with Crippen LogP contribution in [-0.4, -0.2) is 68.2 Å². The summed E-state index contributed by atoms with van der Waals surface area (Å²) in [5, 5.41) is 7.42. The number of nitrogens with one attached hydrogen (secondary N) is 2. The number of piperidine rings is 2. The molecule has 0 bridgehead atoms. The average Bonchev–Trinajstić information content (AvgIpc) is 3.76. The number of imide groups is 1. The molecule has 0 saturated carbocycles. The van der Waals surface area contributed by atoms with E-state index in [1.54, 1.807) is 34.3 Å². The first kappa shape index (κ1) is 30.6. The Morgan fingerprint density at radius 2 is 1.69 bits per heavy atom. The molecule has 49 heavy (non-hydrogen) atoms. The summed E-state index contributed by atoms with van der Waals surface area (Å²) in [4.78, 5) is 63.4. The van der Waals surface area contributed by atoms with E-state index in [2.05, 4.69) is 49.8 Å². The van der Waals surface area contributed by atoms with Gasteiger partial charge in [-0.25, -0.2) is 9.97 Å². The molecule has 4 amide bonds. The fourth-order valence-corrected chi connectivity index (χ4v) is 7.28. The number of carbonyl (C=O) groups excluding carboxylic acids is 4. The Labute approximate surface area is 282 Å². The van der Waals surface area contributed by atoms with Gasteiger partial charge in [-0.1, -0.05) is 48.5 Å². The lowest BCUT2D eigenvalue weighted by atomic mass is 9.95. The second-order valence-electron chi connectivity index (χ2n) is 13.0. The van der Waals surface area contributed by atoms with Crippen LogP contribution in [0.5, 0.6) is 0 Å². The lowest BCUT2D eigenvalue weighted by molar-refractivity contribution is -0.134. The quantitative estimate of drug-likeness (QED) is 0.241. The van der Waals surface area contributed by atoms with Crippen LogP contribution in [0, 0.1) is 0 Å². The minimum Gasteiger partial charge on any atom is -0.348 e. The first-order valence-electron chi connectivity index (χ1n) is 16.7. The molecular formula is C38H35N7O4. The molecule has 5 heterocycles. The molecule has 0 aliphatic carbocycles. The number of aromatic nitrogens is 3. The zero-order chi connectivity index (χ0) is 33.5. The van der Waals surface area contributed by atoms with Gasteiger partial charge in [-0.3, -0.25) is 38.9 Å². The van der Waals surface area contributed by atoms with Crippen LogP contribution in [0.2, 0.25) is 0 Å². The summed E-state index contributed by atoms with van der Waals surface area (Å²) in [6.45, 7) is 2.63. The lowest BCUT2D eigenvalue weighted by Gasteiger charge is -2.32. The van der Waals surface area contributed by atoms with Crippen molar-refractivity contribution < 1.29 is 19.2 Å². The van der Waals surface area contributed by atoms with Gasteiger partial charge in [0, 0.05) is 55.4 Å². The van der Waals surface area contributed by atoms with Crippen LogP contribution >= 0.6 is 0 Å². The Morgan fingerprint density at radius 1 is 0.898 bits per heavy atom. The van der Waals surface area contributed by atoms with Crippen molar-refractivity contribution in [2.24, 2.45) is 0 Å². The van der Waals surface area contributed by atoms with Crippen molar-refractivity contribution in [1.82, 2.24) is 30.1 Å². The highest BCUT2D eigenvalue weighted by molar-refractivity contribution is 6.27. The molecule has 5 aromatic rings. The molecule has 246 valence electrons. The molecule has 3 aromatic carbocycles. The largest absolute Gasteiger partial charge is 0.348 e. The smallest absolute Gasteiger partial charge is 0.270 e. The zero-order valence-electron chi connectivity index (χ0n) is 26.8. The minimum absolute atomic E-state index is 0.106. The molecule has 1 atom stereocenters. The van der Waals surface area contributed by atoms with E-state index in [-0.39, 0.29) is 30.2 Å². The third-order valence-electron chi connectivity index (χ3n) is 9.82. The molecule has 2 aromatic heterocycles. The van der Waals surface area contributed by atoms with Gasteiger partial charge in [0.25, 0.3) is 11.8 Å². The topological polar surface area (TPSA) is 130 Å². The summed E-state index contributed by atoms with van der Waals surface area (Å²) in [6.07, 6.45) is 8.12. The van der Waals surface area contributed by atoms with E-state index in [0.29, 0.717) is 29.9 Å². The van der Waals surface area contributed by atoms with Crippen molar-refractivity contribution in [2.75, 3.05) is 18.0 Å². The number of benzene rings is 3. The van der Waals surface area contributed by atoms with E-state index in [1.807, 2.05) is 42.5 Å². The van der Waals surface area contributed by atoms with Gasteiger partial charge in [0.2, 0.25) is 11.8 Å². The zero-order valence-corrected chi connectivity index (χ0v) is 26.8. The second-order valence-corrected chi connectivity index (χ2v) is 13.0. The fourth-order valence-electron chi connectivity index (χ4n) is 7.28. The van der Waals surface area contributed by atoms with Gasteiger partial charge in [0.15, 0.2) is 0 Å². The summed E-state index contributed by atoms with van der Waals surface area (Å²) in [5.74, 6) is -0.422. The molecule has 11 nitrogen and oxygen atoms in total. The Hall–Kier alpha value is -5.68. The van der Waals surface area contributed by atoms with E-state index in [4.69, 9.17) is 0 Å². The van der Waals surface area contributed by atoms with E-state index in [9.17, 15) is 19.2 Å². The third-order valence-corrected chi connectivity index (χ3v) is 9.82. The van der Waals surface area contributed by atoms with E-state index >= 15 is 0 Å².